The average molecular weight is 400 g/mol. The highest BCUT2D eigenvalue weighted by Gasteiger charge is 2.67. The monoisotopic (exact) mass is 399 g/mol. The number of hydrogen-bond acceptors (Lipinski definition) is 5. The number of benzene rings is 1. The van der Waals surface area contributed by atoms with Crippen LogP contribution in [-0.2, 0) is 19.1 Å². The van der Waals surface area contributed by atoms with Crippen molar-refractivity contribution in [2.45, 2.75) is 6.42 Å². The quantitative estimate of drug-likeness (QED) is 0.328. The zero-order valence-electron chi connectivity index (χ0n) is 14.9. The minimum atomic E-state index is -0.756. The molecule has 2 saturated carbocycles. The first-order chi connectivity index (χ1) is 13.5. The van der Waals surface area contributed by atoms with Crippen LogP contribution in [0.4, 0.5) is 0 Å². The fourth-order valence-electron chi connectivity index (χ4n) is 5.21. The SMILES string of the molecule is O=C(CN1C(=O)[C@@H]2[C@H]3C=C[C@H]([C@@H]4C[C@H]34)[C@@H]2C1=O)OCC(=O)c1ccc(Cl)cc1. The molecule has 6 nitrogen and oxygen atoms in total. The van der Waals surface area contributed by atoms with E-state index in [-0.39, 0.29) is 41.3 Å². The highest BCUT2D eigenvalue weighted by atomic mass is 35.5. The topological polar surface area (TPSA) is 80.8 Å². The molecule has 0 unspecified atom stereocenters. The molecule has 3 fully saturated rings. The van der Waals surface area contributed by atoms with E-state index in [1.165, 1.54) is 0 Å². The zero-order valence-corrected chi connectivity index (χ0v) is 15.7. The summed E-state index contributed by atoms with van der Waals surface area (Å²) in [6.45, 7) is -0.881. The fraction of sp³-hybridized carbons (Fsp3) is 0.429. The van der Waals surface area contributed by atoms with Crippen molar-refractivity contribution in [2.24, 2.45) is 35.5 Å². The van der Waals surface area contributed by atoms with Gasteiger partial charge in [0.05, 0.1) is 11.8 Å². The maximum absolute atomic E-state index is 12.8. The number of likely N-dealkylation sites (tertiary alicyclic amines) is 1. The average Bonchev–Trinajstić information content (AvgIpc) is 3.48. The Kier molecular flexibility index (Phi) is 3.95. The van der Waals surface area contributed by atoms with Gasteiger partial charge in [0.1, 0.15) is 6.54 Å². The number of nitrogens with zero attached hydrogens (tertiary/aromatic N) is 1. The van der Waals surface area contributed by atoms with Crippen molar-refractivity contribution in [1.82, 2.24) is 4.90 Å². The third-order valence-electron chi connectivity index (χ3n) is 6.57. The standard InChI is InChI=1S/C21H18ClNO5/c22-11-3-1-10(2-4-11)16(24)9-28-17(25)8-23-20(26)18-12-5-6-13(15-7-14(12)15)19(18)21(23)27/h1-6,12-15,18-19H,7-9H2/t12-,13+,14+,15-,18+,19-. The Morgan fingerprint density at radius 3 is 2.14 bits per heavy atom. The van der Waals surface area contributed by atoms with Crippen LogP contribution in [0.3, 0.4) is 0 Å². The molecule has 2 bridgehead atoms. The van der Waals surface area contributed by atoms with E-state index in [0.29, 0.717) is 22.4 Å². The first-order valence-corrected chi connectivity index (χ1v) is 9.81. The van der Waals surface area contributed by atoms with Crippen molar-refractivity contribution < 1.29 is 23.9 Å². The van der Waals surface area contributed by atoms with Gasteiger partial charge in [-0.2, -0.15) is 0 Å². The number of rotatable bonds is 5. The number of carbonyl (C=O) groups is 4. The van der Waals surface area contributed by atoms with Crippen LogP contribution in [0.15, 0.2) is 36.4 Å². The summed E-state index contributed by atoms with van der Waals surface area (Å²) >= 11 is 5.78. The summed E-state index contributed by atoms with van der Waals surface area (Å²) in [6.07, 6.45) is 5.25. The molecule has 0 aromatic heterocycles. The normalized spacial score (nSPS) is 34.2. The number of imide groups is 1. The third-order valence-corrected chi connectivity index (χ3v) is 6.82. The molecule has 6 atom stereocenters. The number of allylic oxidation sites excluding steroid dienone is 2. The van der Waals surface area contributed by atoms with Gasteiger partial charge in [-0.15, -0.1) is 0 Å². The van der Waals surface area contributed by atoms with Crippen molar-refractivity contribution in [2.75, 3.05) is 13.2 Å². The van der Waals surface area contributed by atoms with Gasteiger partial charge in [0.2, 0.25) is 11.8 Å². The summed E-state index contributed by atoms with van der Waals surface area (Å²) in [5, 5.41) is 0.502. The number of ketones is 1. The summed E-state index contributed by atoms with van der Waals surface area (Å²) in [7, 11) is 0. The Hall–Kier alpha value is -2.47. The molecular weight excluding hydrogens is 382 g/mol. The minimum Gasteiger partial charge on any atom is -0.456 e. The summed E-state index contributed by atoms with van der Waals surface area (Å²) in [4.78, 5) is 50.9. The molecule has 1 aromatic carbocycles. The number of hydrogen-bond donors (Lipinski definition) is 0. The van der Waals surface area contributed by atoms with E-state index in [0.717, 1.165) is 11.3 Å². The Bertz CT molecular complexity index is 887. The first-order valence-electron chi connectivity index (χ1n) is 9.43. The predicted molar refractivity (Wildman–Crippen MR) is 98.2 cm³/mol. The summed E-state index contributed by atoms with van der Waals surface area (Å²) < 4.78 is 5.02. The smallest absolute Gasteiger partial charge is 0.326 e. The molecule has 28 heavy (non-hydrogen) atoms. The van der Waals surface area contributed by atoms with Gasteiger partial charge in [0.25, 0.3) is 0 Å². The molecule has 1 aromatic rings. The molecule has 0 spiro atoms. The lowest BCUT2D eigenvalue weighted by Crippen LogP contribution is -2.40. The lowest BCUT2D eigenvalue weighted by atomic mass is 9.63. The van der Waals surface area contributed by atoms with Crippen LogP contribution in [-0.4, -0.2) is 41.6 Å². The van der Waals surface area contributed by atoms with E-state index in [1.54, 1.807) is 24.3 Å². The highest BCUT2D eigenvalue weighted by molar-refractivity contribution is 6.30. The van der Waals surface area contributed by atoms with Gasteiger partial charge in [0.15, 0.2) is 12.4 Å². The summed E-state index contributed by atoms with van der Waals surface area (Å²) in [5.41, 5.74) is 0.374. The van der Waals surface area contributed by atoms with E-state index in [1.807, 2.05) is 0 Å². The molecule has 6 rings (SSSR count). The van der Waals surface area contributed by atoms with E-state index in [9.17, 15) is 19.2 Å². The number of esters is 1. The highest BCUT2D eigenvalue weighted by Crippen LogP contribution is 2.65. The van der Waals surface area contributed by atoms with Crippen molar-refractivity contribution in [1.29, 1.82) is 0 Å². The van der Waals surface area contributed by atoms with Crippen LogP contribution in [0.1, 0.15) is 16.8 Å². The summed E-state index contributed by atoms with van der Waals surface area (Å²) in [5.74, 6) is -1.11. The van der Waals surface area contributed by atoms with Crippen molar-refractivity contribution in [3.8, 4) is 0 Å². The number of ether oxygens (including phenoxy) is 1. The molecular formula is C21H18ClNO5. The van der Waals surface area contributed by atoms with E-state index < -0.39 is 19.1 Å². The van der Waals surface area contributed by atoms with E-state index in [4.69, 9.17) is 16.3 Å². The van der Waals surface area contributed by atoms with Crippen molar-refractivity contribution in [3.05, 3.63) is 47.0 Å². The maximum Gasteiger partial charge on any atom is 0.326 e. The van der Waals surface area contributed by atoms with Crippen LogP contribution in [0, 0.1) is 35.5 Å². The van der Waals surface area contributed by atoms with Crippen molar-refractivity contribution in [3.63, 3.8) is 0 Å². The lowest BCUT2D eigenvalue weighted by Gasteiger charge is -2.37. The Morgan fingerprint density at radius 2 is 1.57 bits per heavy atom. The molecule has 4 aliphatic carbocycles. The Morgan fingerprint density at radius 1 is 1.00 bits per heavy atom. The largest absolute Gasteiger partial charge is 0.456 e. The van der Waals surface area contributed by atoms with Gasteiger partial charge in [-0.05, 0) is 54.4 Å². The van der Waals surface area contributed by atoms with Crippen LogP contribution >= 0.6 is 11.6 Å². The van der Waals surface area contributed by atoms with E-state index in [2.05, 4.69) is 12.2 Å². The van der Waals surface area contributed by atoms with Crippen LogP contribution in [0.5, 0.6) is 0 Å². The molecule has 1 aliphatic heterocycles. The number of carbonyl (C=O) groups excluding carboxylic acids is 4. The Labute approximate surface area is 166 Å². The molecule has 2 amide bonds. The zero-order chi connectivity index (χ0) is 19.6. The van der Waals surface area contributed by atoms with Crippen LogP contribution in [0.25, 0.3) is 0 Å². The maximum atomic E-state index is 12.8. The Balaban J connectivity index is 1.21. The minimum absolute atomic E-state index is 0.115. The van der Waals surface area contributed by atoms with Gasteiger partial charge in [-0.3, -0.25) is 24.1 Å². The van der Waals surface area contributed by atoms with E-state index >= 15 is 0 Å². The second-order valence-electron chi connectivity index (χ2n) is 8.01. The van der Waals surface area contributed by atoms with Gasteiger partial charge in [0, 0.05) is 10.6 Å². The first kappa shape index (κ1) is 17.6. The van der Waals surface area contributed by atoms with Gasteiger partial charge in [-0.25, -0.2) is 0 Å². The lowest BCUT2D eigenvalue weighted by molar-refractivity contribution is -0.152. The fourth-order valence-corrected chi connectivity index (χ4v) is 5.34. The second kappa shape index (κ2) is 6.27. The molecule has 0 N–H and O–H groups in total. The van der Waals surface area contributed by atoms with Gasteiger partial charge in [-0.1, -0.05) is 23.8 Å². The van der Waals surface area contributed by atoms with Crippen LogP contribution < -0.4 is 0 Å². The molecule has 5 aliphatic rings. The number of halogens is 1. The second-order valence-corrected chi connectivity index (χ2v) is 8.44. The summed E-state index contributed by atoms with van der Waals surface area (Å²) in [6, 6.07) is 6.25. The molecule has 1 saturated heterocycles. The molecule has 0 radical (unpaired) electrons. The van der Waals surface area contributed by atoms with Crippen LogP contribution in [0.2, 0.25) is 5.02 Å². The van der Waals surface area contributed by atoms with Crippen molar-refractivity contribution >= 4 is 35.2 Å². The number of Topliss-reactive ketones (excluding diaryl/α,β-unsaturated/α-hetero) is 1. The molecule has 7 heteroatoms. The molecule has 1 heterocycles. The van der Waals surface area contributed by atoms with Gasteiger partial charge < -0.3 is 4.74 Å². The van der Waals surface area contributed by atoms with Gasteiger partial charge >= 0.3 is 5.97 Å². The third kappa shape index (κ3) is 2.62. The molecule has 144 valence electrons. The predicted octanol–water partition coefficient (Wildman–Crippen LogP) is 2.12. The number of amides is 2.